The predicted octanol–water partition coefficient (Wildman–Crippen LogP) is 0.911. The van der Waals surface area contributed by atoms with Crippen LogP contribution in [0, 0.1) is 11.3 Å². The summed E-state index contributed by atoms with van der Waals surface area (Å²) in [7, 11) is 0. The van der Waals surface area contributed by atoms with Crippen LogP contribution in [-0.2, 0) is 4.74 Å². The van der Waals surface area contributed by atoms with Crippen LogP contribution in [0.25, 0.3) is 0 Å². The molecular weight excluding hydrogens is 230 g/mol. The minimum absolute atomic E-state index is 0.240. The number of anilines is 2. The molecule has 6 nitrogen and oxygen atoms in total. The molecule has 2 N–H and O–H groups in total. The largest absolute Gasteiger partial charge is 0.383 e. The molecule has 1 atom stereocenters. The Morgan fingerprint density at radius 2 is 2.33 bits per heavy atom. The Hall–Kier alpha value is -1.87. The minimum Gasteiger partial charge on any atom is -0.383 e. The molecule has 0 bridgehead atoms. The van der Waals surface area contributed by atoms with Gasteiger partial charge in [-0.15, -0.1) is 0 Å². The normalized spacial score (nSPS) is 19.9. The zero-order valence-corrected chi connectivity index (χ0v) is 10.6. The third kappa shape index (κ3) is 2.36. The number of aromatic nitrogens is 2. The summed E-state index contributed by atoms with van der Waals surface area (Å²) in [5.74, 6) is 1.57. The summed E-state index contributed by atoms with van der Waals surface area (Å²) in [6.45, 7) is 5.88. The standard InChI is InChI=1S/C12H17N5O/c1-8(2)10-11(14)15-7-16-12(10)17-3-4-18-9(5-13)6-17/h7-9H,3-4,6H2,1-2H3,(H2,14,15,16). The molecule has 1 aliphatic rings. The number of nitriles is 1. The van der Waals surface area contributed by atoms with Gasteiger partial charge in [-0.25, -0.2) is 9.97 Å². The highest BCUT2D eigenvalue weighted by molar-refractivity contribution is 5.58. The number of rotatable bonds is 2. The minimum atomic E-state index is -0.407. The van der Waals surface area contributed by atoms with Crippen molar-refractivity contribution in [1.29, 1.82) is 5.26 Å². The van der Waals surface area contributed by atoms with Crippen LogP contribution in [0.5, 0.6) is 0 Å². The summed E-state index contributed by atoms with van der Waals surface area (Å²) in [5.41, 5.74) is 6.86. The van der Waals surface area contributed by atoms with Gasteiger partial charge in [-0.3, -0.25) is 0 Å². The van der Waals surface area contributed by atoms with Gasteiger partial charge in [0.25, 0.3) is 0 Å². The maximum Gasteiger partial charge on any atom is 0.161 e. The van der Waals surface area contributed by atoms with Gasteiger partial charge in [0, 0.05) is 12.1 Å². The van der Waals surface area contributed by atoms with E-state index in [1.807, 2.05) is 4.90 Å². The second-order valence-electron chi connectivity index (χ2n) is 4.59. The van der Waals surface area contributed by atoms with E-state index < -0.39 is 6.10 Å². The van der Waals surface area contributed by atoms with E-state index in [1.54, 1.807) is 0 Å². The fourth-order valence-electron chi connectivity index (χ4n) is 2.13. The monoisotopic (exact) mass is 247 g/mol. The summed E-state index contributed by atoms with van der Waals surface area (Å²) in [4.78, 5) is 10.4. The quantitative estimate of drug-likeness (QED) is 0.835. The Labute approximate surface area is 106 Å². The van der Waals surface area contributed by atoms with E-state index in [1.165, 1.54) is 6.33 Å². The first-order valence-corrected chi connectivity index (χ1v) is 6.00. The van der Waals surface area contributed by atoms with E-state index in [9.17, 15) is 0 Å². The topological polar surface area (TPSA) is 88.1 Å². The number of ether oxygens (including phenoxy) is 1. The zero-order valence-electron chi connectivity index (χ0n) is 10.6. The summed E-state index contributed by atoms with van der Waals surface area (Å²) in [5, 5.41) is 8.93. The van der Waals surface area contributed by atoms with Gasteiger partial charge in [-0.1, -0.05) is 13.8 Å². The molecule has 6 heteroatoms. The van der Waals surface area contributed by atoms with E-state index in [0.717, 1.165) is 11.4 Å². The lowest BCUT2D eigenvalue weighted by atomic mass is 10.0. The maximum absolute atomic E-state index is 8.93. The average molecular weight is 247 g/mol. The van der Waals surface area contributed by atoms with Crippen molar-refractivity contribution in [2.24, 2.45) is 0 Å². The number of hydrogen-bond donors (Lipinski definition) is 1. The molecule has 1 saturated heterocycles. The van der Waals surface area contributed by atoms with Gasteiger partial charge in [0.15, 0.2) is 6.10 Å². The SMILES string of the molecule is CC(C)c1c(N)ncnc1N1CCOC(C#N)C1. The molecule has 96 valence electrons. The summed E-state index contributed by atoms with van der Waals surface area (Å²) >= 11 is 0. The third-order valence-electron chi connectivity index (χ3n) is 2.98. The van der Waals surface area contributed by atoms with Crippen molar-refractivity contribution in [3.63, 3.8) is 0 Å². The van der Waals surface area contributed by atoms with E-state index in [4.69, 9.17) is 15.7 Å². The highest BCUT2D eigenvalue weighted by atomic mass is 16.5. The van der Waals surface area contributed by atoms with Gasteiger partial charge in [-0.2, -0.15) is 5.26 Å². The first-order chi connectivity index (χ1) is 8.63. The van der Waals surface area contributed by atoms with Crippen molar-refractivity contribution in [3.8, 4) is 6.07 Å². The van der Waals surface area contributed by atoms with E-state index in [0.29, 0.717) is 25.5 Å². The molecule has 2 rings (SSSR count). The van der Waals surface area contributed by atoms with Crippen LogP contribution in [0.2, 0.25) is 0 Å². The molecule has 0 amide bonds. The van der Waals surface area contributed by atoms with Gasteiger partial charge in [0.05, 0.1) is 19.2 Å². The zero-order chi connectivity index (χ0) is 13.1. The van der Waals surface area contributed by atoms with Crippen LogP contribution >= 0.6 is 0 Å². The number of nitrogens with two attached hydrogens (primary N) is 1. The van der Waals surface area contributed by atoms with Crippen molar-refractivity contribution in [3.05, 3.63) is 11.9 Å². The molecule has 1 fully saturated rings. The number of nitrogens with zero attached hydrogens (tertiary/aromatic N) is 4. The number of morpholine rings is 1. The fourth-order valence-corrected chi connectivity index (χ4v) is 2.13. The average Bonchev–Trinajstić information content (AvgIpc) is 2.38. The van der Waals surface area contributed by atoms with Crippen LogP contribution in [0.15, 0.2) is 6.33 Å². The van der Waals surface area contributed by atoms with E-state index in [-0.39, 0.29) is 5.92 Å². The summed E-state index contributed by atoms with van der Waals surface area (Å²) < 4.78 is 5.33. The predicted molar refractivity (Wildman–Crippen MR) is 68.1 cm³/mol. The molecule has 0 radical (unpaired) electrons. The maximum atomic E-state index is 8.93. The highest BCUT2D eigenvalue weighted by Gasteiger charge is 2.25. The van der Waals surface area contributed by atoms with Crippen LogP contribution in [0.1, 0.15) is 25.3 Å². The lowest BCUT2D eigenvalue weighted by Crippen LogP contribution is -2.42. The molecule has 1 unspecified atom stereocenters. The fraction of sp³-hybridized carbons (Fsp3) is 0.583. The Balaban J connectivity index is 2.33. The van der Waals surface area contributed by atoms with Gasteiger partial charge < -0.3 is 15.4 Å². The van der Waals surface area contributed by atoms with E-state index >= 15 is 0 Å². The molecule has 0 aromatic carbocycles. The van der Waals surface area contributed by atoms with Gasteiger partial charge in [0.2, 0.25) is 0 Å². The molecule has 2 heterocycles. The number of nitrogen functional groups attached to an aromatic ring is 1. The Morgan fingerprint density at radius 3 is 3.00 bits per heavy atom. The first kappa shape index (κ1) is 12.6. The van der Waals surface area contributed by atoms with Crippen LogP contribution < -0.4 is 10.6 Å². The number of hydrogen-bond acceptors (Lipinski definition) is 6. The van der Waals surface area contributed by atoms with Gasteiger partial charge in [-0.05, 0) is 5.92 Å². The highest BCUT2D eigenvalue weighted by Crippen LogP contribution is 2.29. The molecule has 18 heavy (non-hydrogen) atoms. The van der Waals surface area contributed by atoms with Gasteiger partial charge >= 0.3 is 0 Å². The molecule has 1 aliphatic heterocycles. The lowest BCUT2D eigenvalue weighted by Gasteiger charge is -2.32. The van der Waals surface area contributed by atoms with Crippen LogP contribution in [0.3, 0.4) is 0 Å². The molecule has 1 aromatic rings. The van der Waals surface area contributed by atoms with Crippen molar-refractivity contribution in [2.45, 2.75) is 25.9 Å². The van der Waals surface area contributed by atoms with Gasteiger partial charge in [0.1, 0.15) is 18.0 Å². The van der Waals surface area contributed by atoms with Crippen molar-refractivity contribution in [2.75, 3.05) is 30.3 Å². The Morgan fingerprint density at radius 1 is 1.56 bits per heavy atom. The Kier molecular flexibility index (Phi) is 3.63. The van der Waals surface area contributed by atoms with Crippen molar-refractivity contribution in [1.82, 2.24) is 9.97 Å². The summed E-state index contributed by atoms with van der Waals surface area (Å²) in [6, 6.07) is 2.13. The third-order valence-corrected chi connectivity index (χ3v) is 2.98. The molecule has 0 aliphatic carbocycles. The molecular formula is C12H17N5O. The lowest BCUT2D eigenvalue weighted by molar-refractivity contribution is 0.0760. The van der Waals surface area contributed by atoms with Crippen molar-refractivity contribution >= 4 is 11.6 Å². The Bertz CT molecular complexity index is 468. The molecule has 0 spiro atoms. The smallest absolute Gasteiger partial charge is 0.161 e. The first-order valence-electron chi connectivity index (χ1n) is 6.00. The van der Waals surface area contributed by atoms with E-state index in [2.05, 4.69) is 29.9 Å². The second-order valence-corrected chi connectivity index (χ2v) is 4.59. The summed E-state index contributed by atoms with van der Waals surface area (Å²) in [6.07, 6.45) is 1.06. The molecule has 1 aromatic heterocycles. The van der Waals surface area contributed by atoms with Crippen molar-refractivity contribution < 1.29 is 4.74 Å². The molecule has 0 saturated carbocycles. The second kappa shape index (κ2) is 5.19. The van der Waals surface area contributed by atoms with Crippen LogP contribution in [-0.4, -0.2) is 35.8 Å². The van der Waals surface area contributed by atoms with Crippen LogP contribution in [0.4, 0.5) is 11.6 Å².